The second-order valence-electron chi connectivity index (χ2n) is 4.98. The van der Waals surface area contributed by atoms with Crippen LogP contribution >= 0.6 is 0 Å². The summed E-state index contributed by atoms with van der Waals surface area (Å²) in [5.74, 6) is 0.860. The first-order chi connectivity index (χ1) is 6.11. The molecule has 0 aromatic heterocycles. The summed E-state index contributed by atoms with van der Waals surface area (Å²) in [7, 11) is 2.09. The van der Waals surface area contributed by atoms with E-state index >= 15 is 0 Å². The van der Waals surface area contributed by atoms with Crippen molar-refractivity contribution in [1.29, 1.82) is 0 Å². The number of aliphatic hydroxyl groups is 1. The van der Waals surface area contributed by atoms with E-state index in [2.05, 4.69) is 11.9 Å². The molecule has 0 aromatic carbocycles. The maximum Gasteiger partial charge on any atom is 0.115 e. The molecule has 1 N–H and O–H groups in total. The van der Waals surface area contributed by atoms with Crippen molar-refractivity contribution in [3.05, 3.63) is 0 Å². The third kappa shape index (κ3) is 1.62. The quantitative estimate of drug-likeness (QED) is 0.620. The van der Waals surface area contributed by atoms with Gasteiger partial charge in [0.15, 0.2) is 0 Å². The summed E-state index contributed by atoms with van der Waals surface area (Å²) in [5.41, 5.74) is -0.543. The predicted molar refractivity (Wildman–Crippen MR) is 53.4 cm³/mol. The summed E-state index contributed by atoms with van der Waals surface area (Å²) in [6, 6.07) is 0.650. The van der Waals surface area contributed by atoms with Gasteiger partial charge >= 0.3 is 0 Å². The highest BCUT2D eigenvalue weighted by atomic mass is 16.3. The van der Waals surface area contributed by atoms with E-state index in [4.69, 9.17) is 0 Å². The highest BCUT2D eigenvalue weighted by Crippen LogP contribution is 2.39. The summed E-state index contributed by atoms with van der Waals surface area (Å²) in [6.45, 7) is 1.96. The lowest BCUT2D eigenvalue weighted by atomic mass is 9.76. The zero-order valence-corrected chi connectivity index (χ0v) is 8.79. The van der Waals surface area contributed by atoms with Crippen LogP contribution in [0.15, 0.2) is 0 Å². The molecule has 1 aliphatic carbocycles. The first kappa shape index (κ1) is 9.47. The summed E-state index contributed by atoms with van der Waals surface area (Å²) < 4.78 is 0. The fourth-order valence-electron chi connectivity index (χ4n) is 3.03. The van der Waals surface area contributed by atoms with E-state index in [9.17, 15) is 5.11 Å². The van der Waals surface area contributed by atoms with Gasteiger partial charge in [0.05, 0.1) is 0 Å². The molecule has 3 unspecified atom stereocenters. The summed E-state index contributed by atoms with van der Waals surface area (Å²) >= 11 is 0. The van der Waals surface area contributed by atoms with E-state index in [-0.39, 0.29) is 0 Å². The highest BCUT2D eigenvalue weighted by molar-refractivity contribution is 4.92. The van der Waals surface area contributed by atoms with Crippen molar-refractivity contribution in [2.24, 2.45) is 5.92 Å². The molecular formula is C11H21NO. The average molecular weight is 183 g/mol. The van der Waals surface area contributed by atoms with Gasteiger partial charge in [0.2, 0.25) is 0 Å². The van der Waals surface area contributed by atoms with Crippen LogP contribution in [0.1, 0.15) is 45.4 Å². The van der Waals surface area contributed by atoms with Crippen LogP contribution in [0.4, 0.5) is 0 Å². The Morgan fingerprint density at radius 2 is 1.92 bits per heavy atom. The van der Waals surface area contributed by atoms with Gasteiger partial charge < -0.3 is 5.11 Å². The smallest absolute Gasteiger partial charge is 0.115 e. The van der Waals surface area contributed by atoms with Crippen LogP contribution in [0, 0.1) is 5.92 Å². The molecule has 3 atom stereocenters. The number of hydrogen-bond acceptors (Lipinski definition) is 2. The van der Waals surface area contributed by atoms with Crippen LogP contribution in [0.2, 0.25) is 0 Å². The van der Waals surface area contributed by atoms with Gasteiger partial charge in [0, 0.05) is 6.04 Å². The van der Waals surface area contributed by atoms with Crippen molar-refractivity contribution in [3.63, 3.8) is 0 Å². The molecule has 2 rings (SSSR count). The zero-order chi connectivity index (χ0) is 9.47. The molecule has 2 aliphatic rings. The molecule has 1 aliphatic heterocycles. The first-order valence-corrected chi connectivity index (χ1v) is 5.56. The Morgan fingerprint density at radius 3 is 2.69 bits per heavy atom. The summed E-state index contributed by atoms with van der Waals surface area (Å²) in [5, 5.41) is 10.1. The Hall–Kier alpha value is -0.0800. The van der Waals surface area contributed by atoms with Crippen LogP contribution in [-0.4, -0.2) is 28.8 Å². The summed E-state index contributed by atoms with van der Waals surface area (Å²) in [4.78, 5) is 2.21. The number of fused-ring (bicyclic) bond motifs is 1. The zero-order valence-electron chi connectivity index (χ0n) is 8.79. The van der Waals surface area contributed by atoms with Gasteiger partial charge in [-0.2, -0.15) is 0 Å². The molecule has 76 valence electrons. The molecule has 2 nitrogen and oxygen atoms in total. The largest absolute Gasteiger partial charge is 0.376 e. The number of hydrogen-bond donors (Lipinski definition) is 1. The van der Waals surface area contributed by atoms with E-state index < -0.39 is 5.72 Å². The molecule has 0 aromatic rings. The first-order valence-electron chi connectivity index (χ1n) is 5.56. The van der Waals surface area contributed by atoms with Crippen LogP contribution in [0.25, 0.3) is 0 Å². The third-order valence-corrected chi connectivity index (χ3v) is 4.12. The molecule has 2 heteroatoms. The van der Waals surface area contributed by atoms with Gasteiger partial charge in [-0.25, -0.2) is 0 Å². The van der Waals surface area contributed by atoms with E-state index in [1.54, 1.807) is 0 Å². The lowest BCUT2D eigenvalue weighted by molar-refractivity contribution is -0.151. The Balaban J connectivity index is 2.10. The lowest BCUT2D eigenvalue weighted by Gasteiger charge is -2.50. The van der Waals surface area contributed by atoms with Crippen molar-refractivity contribution in [2.75, 3.05) is 7.05 Å². The van der Waals surface area contributed by atoms with E-state index in [1.165, 1.54) is 32.1 Å². The van der Waals surface area contributed by atoms with Gasteiger partial charge in [-0.15, -0.1) is 0 Å². The fraction of sp³-hybridized carbons (Fsp3) is 1.00. The maximum absolute atomic E-state index is 10.1. The van der Waals surface area contributed by atoms with Gasteiger partial charge in [-0.1, -0.05) is 12.8 Å². The average Bonchev–Trinajstić information content (AvgIpc) is 2.13. The van der Waals surface area contributed by atoms with E-state index in [0.29, 0.717) is 6.04 Å². The molecule has 1 saturated heterocycles. The van der Waals surface area contributed by atoms with Crippen molar-refractivity contribution < 1.29 is 5.11 Å². The Labute approximate surface area is 80.9 Å². The van der Waals surface area contributed by atoms with Crippen molar-refractivity contribution in [1.82, 2.24) is 4.90 Å². The molecule has 0 radical (unpaired) electrons. The maximum atomic E-state index is 10.1. The minimum Gasteiger partial charge on any atom is -0.376 e. The minimum atomic E-state index is -0.543. The van der Waals surface area contributed by atoms with Crippen molar-refractivity contribution in [3.8, 4) is 0 Å². The number of likely N-dealkylation sites (tertiary alicyclic amines) is 1. The van der Waals surface area contributed by atoms with Gasteiger partial charge in [-0.3, -0.25) is 4.90 Å². The standard InChI is InChI=1S/C11H21NO/c1-11(13)8-7-9-5-3-4-6-10(9)12(11)2/h9-10,13H,3-8H2,1-2H3. The molecule has 1 heterocycles. The molecular weight excluding hydrogens is 162 g/mol. The molecule has 0 bridgehead atoms. The van der Waals surface area contributed by atoms with Gasteiger partial charge in [0.1, 0.15) is 5.72 Å². The molecule has 1 saturated carbocycles. The predicted octanol–water partition coefficient (Wildman–Crippen LogP) is 1.98. The molecule has 2 fully saturated rings. The summed E-state index contributed by atoms with van der Waals surface area (Å²) in [6.07, 6.45) is 7.59. The second-order valence-corrected chi connectivity index (χ2v) is 4.98. The monoisotopic (exact) mass is 183 g/mol. The van der Waals surface area contributed by atoms with E-state index in [1.807, 2.05) is 6.92 Å². The number of nitrogens with zero attached hydrogens (tertiary/aromatic N) is 1. The van der Waals surface area contributed by atoms with Crippen LogP contribution in [0.3, 0.4) is 0 Å². The SMILES string of the molecule is CN1C2CCCCC2CCC1(C)O. The van der Waals surface area contributed by atoms with Crippen molar-refractivity contribution in [2.45, 2.75) is 57.2 Å². The van der Waals surface area contributed by atoms with E-state index in [0.717, 1.165) is 12.3 Å². The number of rotatable bonds is 0. The normalized spacial score (nSPS) is 47.3. The van der Waals surface area contributed by atoms with Crippen LogP contribution in [-0.2, 0) is 0 Å². The van der Waals surface area contributed by atoms with Crippen LogP contribution < -0.4 is 0 Å². The fourth-order valence-corrected chi connectivity index (χ4v) is 3.03. The van der Waals surface area contributed by atoms with Gasteiger partial charge in [0.25, 0.3) is 0 Å². The highest BCUT2D eigenvalue weighted by Gasteiger charge is 2.41. The second kappa shape index (κ2) is 3.25. The number of piperidine rings is 1. The van der Waals surface area contributed by atoms with Crippen LogP contribution in [0.5, 0.6) is 0 Å². The molecule has 13 heavy (non-hydrogen) atoms. The molecule has 0 spiro atoms. The third-order valence-electron chi connectivity index (χ3n) is 4.12. The molecule has 0 amide bonds. The Kier molecular flexibility index (Phi) is 2.37. The topological polar surface area (TPSA) is 23.5 Å². The Morgan fingerprint density at radius 1 is 1.23 bits per heavy atom. The Bertz CT molecular complexity index is 191. The van der Waals surface area contributed by atoms with Gasteiger partial charge in [-0.05, 0) is 45.6 Å². The minimum absolute atomic E-state index is 0.543. The van der Waals surface area contributed by atoms with Crippen molar-refractivity contribution >= 4 is 0 Å². The lowest BCUT2D eigenvalue weighted by Crippen LogP contribution is -2.56.